The van der Waals surface area contributed by atoms with E-state index in [0.29, 0.717) is 19.0 Å². The van der Waals surface area contributed by atoms with E-state index in [2.05, 4.69) is 42.5 Å². The van der Waals surface area contributed by atoms with Crippen LogP contribution in [0, 0.1) is 6.92 Å². The van der Waals surface area contributed by atoms with Crippen molar-refractivity contribution in [2.45, 2.75) is 58.5 Å². The number of carbonyl (C=O) groups excluding carboxylic acids is 1. The second kappa shape index (κ2) is 10.8. The van der Waals surface area contributed by atoms with E-state index in [-0.39, 0.29) is 18.3 Å². The van der Waals surface area contributed by atoms with Crippen LogP contribution in [-0.4, -0.2) is 40.2 Å². The van der Waals surface area contributed by atoms with Crippen LogP contribution in [0.2, 0.25) is 0 Å². The second-order valence-electron chi connectivity index (χ2n) is 7.16. The smallest absolute Gasteiger partial charge is 0.244 e. The Morgan fingerprint density at radius 2 is 2.26 bits per heavy atom. The van der Waals surface area contributed by atoms with Crippen molar-refractivity contribution in [1.29, 1.82) is 0 Å². The molecule has 2 aromatic heterocycles. The lowest BCUT2D eigenvalue weighted by Gasteiger charge is -2.22. The molecule has 1 fully saturated rings. The molecule has 150 valence electrons. The summed E-state index contributed by atoms with van der Waals surface area (Å²) >= 11 is 1.77. The van der Waals surface area contributed by atoms with E-state index in [1.165, 1.54) is 22.6 Å². The first-order valence-electron chi connectivity index (χ1n) is 9.73. The molecule has 2 aromatic rings. The molecule has 1 saturated heterocycles. The van der Waals surface area contributed by atoms with Crippen LogP contribution >= 0.6 is 23.7 Å². The van der Waals surface area contributed by atoms with Crippen molar-refractivity contribution >= 4 is 29.7 Å². The number of aromatic nitrogens is 2. The molecule has 1 amide bonds. The second-order valence-corrected chi connectivity index (χ2v) is 8.54. The number of rotatable bonds is 8. The third-order valence-corrected chi connectivity index (χ3v) is 5.94. The Bertz CT molecular complexity index is 708. The molecular weight excluding hydrogens is 380 g/mol. The first-order chi connectivity index (χ1) is 12.7. The van der Waals surface area contributed by atoms with Gasteiger partial charge in [-0.15, -0.1) is 23.7 Å². The number of piperidine rings is 1. The van der Waals surface area contributed by atoms with Crippen molar-refractivity contribution in [3.05, 3.63) is 39.8 Å². The molecule has 1 aliphatic rings. The van der Waals surface area contributed by atoms with E-state index in [1.54, 1.807) is 11.3 Å². The quantitative estimate of drug-likeness (QED) is 0.716. The molecule has 1 unspecified atom stereocenters. The maximum absolute atomic E-state index is 12.9. The predicted molar refractivity (Wildman–Crippen MR) is 114 cm³/mol. The predicted octanol–water partition coefficient (Wildman–Crippen LogP) is 3.97. The van der Waals surface area contributed by atoms with E-state index >= 15 is 0 Å². The third kappa shape index (κ3) is 6.33. The first-order valence-corrected chi connectivity index (χ1v) is 10.5. The van der Waals surface area contributed by atoms with Crippen LogP contribution in [0.15, 0.2) is 24.4 Å². The van der Waals surface area contributed by atoms with Crippen LogP contribution in [-0.2, 0) is 17.9 Å². The summed E-state index contributed by atoms with van der Waals surface area (Å²) in [4.78, 5) is 17.4. The van der Waals surface area contributed by atoms with Gasteiger partial charge in [-0.05, 0) is 50.9 Å². The number of thiophene rings is 1. The fourth-order valence-electron chi connectivity index (χ4n) is 3.43. The largest absolute Gasteiger partial charge is 0.336 e. The van der Waals surface area contributed by atoms with Gasteiger partial charge in [0.25, 0.3) is 0 Å². The summed E-state index contributed by atoms with van der Waals surface area (Å²) in [6, 6.07) is 6.33. The maximum atomic E-state index is 12.9. The molecule has 1 N–H and O–H groups in total. The molecule has 0 aromatic carbocycles. The zero-order chi connectivity index (χ0) is 18.4. The first kappa shape index (κ1) is 21.9. The number of carbonyl (C=O) groups is 1. The van der Waals surface area contributed by atoms with E-state index < -0.39 is 0 Å². The average Bonchev–Trinajstić information content (AvgIpc) is 3.28. The number of unbranched alkanes of at least 4 members (excludes halogenated alkanes) is 1. The molecule has 0 saturated carbocycles. The number of hydrogen-bond donors (Lipinski definition) is 1. The van der Waals surface area contributed by atoms with Crippen molar-refractivity contribution < 1.29 is 4.79 Å². The minimum absolute atomic E-state index is 0. The fraction of sp³-hybridized carbons (Fsp3) is 0.600. The fourth-order valence-corrected chi connectivity index (χ4v) is 4.33. The van der Waals surface area contributed by atoms with Crippen LogP contribution in [0.4, 0.5) is 0 Å². The molecule has 5 nitrogen and oxygen atoms in total. The standard InChI is InChI=1S/C20H30N4OS.ClH/c1-3-4-11-23(14-18-8-7-16(2)26-18)20(25)15-24-12-9-19(22-24)17-6-5-10-21-13-17;/h7-9,12,17,21H,3-6,10-11,13-15H2,1-2H3;1H. The Morgan fingerprint density at radius 1 is 1.41 bits per heavy atom. The minimum atomic E-state index is 0. The summed E-state index contributed by atoms with van der Waals surface area (Å²) in [5, 5.41) is 8.11. The molecule has 1 aliphatic heterocycles. The lowest BCUT2D eigenvalue weighted by molar-refractivity contribution is -0.132. The highest BCUT2D eigenvalue weighted by atomic mass is 35.5. The van der Waals surface area contributed by atoms with Gasteiger partial charge < -0.3 is 10.2 Å². The van der Waals surface area contributed by atoms with Gasteiger partial charge in [-0.2, -0.15) is 5.10 Å². The third-order valence-electron chi connectivity index (χ3n) is 4.95. The molecule has 27 heavy (non-hydrogen) atoms. The molecule has 0 radical (unpaired) electrons. The highest BCUT2D eigenvalue weighted by Gasteiger charge is 2.19. The number of aryl methyl sites for hydroxylation is 1. The van der Waals surface area contributed by atoms with Gasteiger partial charge in [-0.3, -0.25) is 9.48 Å². The molecule has 3 heterocycles. The Hall–Kier alpha value is -1.37. The normalized spacial score (nSPS) is 16.7. The van der Waals surface area contributed by atoms with Gasteiger partial charge in [-0.1, -0.05) is 13.3 Å². The van der Waals surface area contributed by atoms with E-state index in [1.807, 2.05) is 15.8 Å². The number of hydrogen-bond acceptors (Lipinski definition) is 4. The summed E-state index contributed by atoms with van der Waals surface area (Å²) in [6.45, 7) is 8.21. The van der Waals surface area contributed by atoms with Gasteiger partial charge in [-0.25, -0.2) is 0 Å². The Morgan fingerprint density at radius 3 is 2.93 bits per heavy atom. The number of amides is 1. The Balaban J connectivity index is 0.00000261. The number of nitrogens with zero attached hydrogens (tertiary/aromatic N) is 3. The van der Waals surface area contributed by atoms with Gasteiger partial charge in [0.2, 0.25) is 5.91 Å². The number of halogens is 1. The van der Waals surface area contributed by atoms with E-state index in [4.69, 9.17) is 0 Å². The van der Waals surface area contributed by atoms with Crippen molar-refractivity contribution in [2.24, 2.45) is 0 Å². The van der Waals surface area contributed by atoms with Crippen molar-refractivity contribution in [3.63, 3.8) is 0 Å². The van der Waals surface area contributed by atoms with Gasteiger partial charge in [0, 0.05) is 35.0 Å². The Labute approximate surface area is 172 Å². The molecule has 7 heteroatoms. The molecule has 0 bridgehead atoms. The summed E-state index contributed by atoms with van der Waals surface area (Å²) in [6.07, 6.45) is 6.46. The molecule has 1 atom stereocenters. The highest BCUT2D eigenvalue weighted by Crippen LogP contribution is 2.21. The van der Waals surface area contributed by atoms with Crippen LogP contribution in [0.5, 0.6) is 0 Å². The van der Waals surface area contributed by atoms with E-state index in [9.17, 15) is 4.79 Å². The maximum Gasteiger partial charge on any atom is 0.244 e. The molecular formula is C20H31ClN4OS. The summed E-state index contributed by atoms with van der Waals surface area (Å²) < 4.78 is 1.81. The SMILES string of the molecule is CCCCN(Cc1ccc(C)s1)C(=O)Cn1ccc(C2CCCNC2)n1.Cl. The lowest BCUT2D eigenvalue weighted by Crippen LogP contribution is -2.34. The molecule has 0 aliphatic carbocycles. The summed E-state index contributed by atoms with van der Waals surface area (Å²) in [5.74, 6) is 0.631. The summed E-state index contributed by atoms with van der Waals surface area (Å²) in [7, 11) is 0. The Kier molecular flexibility index (Phi) is 8.80. The zero-order valence-electron chi connectivity index (χ0n) is 16.3. The molecule has 0 spiro atoms. The topological polar surface area (TPSA) is 50.2 Å². The van der Waals surface area contributed by atoms with Crippen LogP contribution in [0.3, 0.4) is 0 Å². The van der Waals surface area contributed by atoms with Crippen LogP contribution in [0.25, 0.3) is 0 Å². The van der Waals surface area contributed by atoms with Gasteiger partial charge in [0.05, 0.1) is 12.2 Å². The lowest BCUT2D eigenvalue weighted by atomic mass is 9.97. The van der Waals surface area contributed by atoms with Gasteiger partial charge in [0.15, 0.2) is 0 Å². The van der Waals surface area contributed by atoms with Crippen molar-refractivity contribution in [1.82, 2.24) is 20.0 Å². The van der Waals surface area contributed by atoms with Crippen molar-refractivity contribution in [3.8, 4) is 0 Å². The van der Waals surface area contributed by atoms with Gasteiger partial charge in [0.1, 0.15) is 6.54 Å². The minimum Gasteiger partial charge on any atom is -0.336 e. The highest BCUT2D eigenvalue weighted by molar-refractivity contribution is 7.11. The zero-order valence-corrected chi connectivity index (χ0v) is 18.0. The van der Waals surface area contributed by atoms with Crippen LogP contribution in [0.1, 0.15) is 54.0 Å². The average molecular weight is 411 g/mol. The van der Waals surface area contributed by atoms with Crippen LogP contribution < -0.4 is 5.32 Å². The summed E-state index contributed by atoms with van der Waals surface area (Å²) in [5.41, 5.74) is 1.11. The van der Waals surface area contributed by atoms with Gasteiger partial charge >= 0.3 is 0 Å². The van der Waals surface area contributed by atoms with E-state index in [0.717, 1.165) is 38.2 Å². The number of nitrogens with one attached hydrogen (secondary N) is 1. The van der Waals surface area contributed by atoms with Crippen molar-refractivity contribution in [2.75, 3.05) is 19.6 Å². The monoisotopic (exact) mass is 410 g/mol. The molecule has 3 rings (SSSR count).